The molecule has 0 aliphatic rings. The smallest absolute Gasteiger partial charge is 0.399 e. The van der Waals surface area contributed by atoms with Crippen LogP contribution in [0.15, 0.2) is 23.1 Å². The van der Waals surface area contributed by atoms with Crippen LogP contribution in [-0.2, 0) is 0 Å². The fraction of sp³-hybridized carbons (Fsp3) is 0.333. The van der Waals surface area contributed by atoms with Crippen molar-refractivity contribution in [2.45, 2.75) is 17.2 Å². The van der Waals surface area contributed by atoms with E-state index < -0.39 is 18.0 Å². The minimum Gasteiger partial charge on any atom is -0.399 e. The van der Waals surface area contributed by atoms with Gasteiger partial charge >= 0.3 is 6.18 Å². The standard InChI is InChI=1S/C9H9ClF3NOS/c10-6-2-1-5(14)3-7(6)16-4-8(15)9(11,12)13/h1-3,8,15H,4,14H2. The van der Waals surface area contributed by atoms with Gasteiger partial charge in [-0.3, -0.25) is 0 Å². The van der Waals surface area contributed by atoms with Crippen molar-refractivity contribution in [3.8, 4) is 0 Å². The maximum absolute atomic E-state index is 12.0. The summed E-state index contributed by atoms with van der Waals surface area (Å²) in [5, 5.41) is 9.10. The highest BCUT2D eigenvalue weighted by Gasteiger charge is 2.38. The lowest BCUT2D eigenvalue weighted by atomic mass is 10.3. The molecule has 1 aromatic rings. The molecule has 0 fully saturated rings. The second-order valence-corrected chi connectivity index (χ2v) is 4.53. The Bertz CT molecular complexity index is 372. The second-order valence-electron chi connectivity index (χ2n) is 3.06. The van der Waals surface area contributed by atoms with E-state index in [-0.39, 0.29) is 0 Å². The first-order valence-corrected chi connectivity index (χ1v) is 5.59. The summed E-state index contributed by atoms with van der Waals surface area (Å²) in [6.07, 6.45) is -6.98. The van der Waals surface area contributed by atoms with Gasteiger partial charge in [-0.1, -0.05) is 11.6 Å². The van der Waals surface area contributed by atoms with Crippen LogP contribution in [0.25, 0.3) is 0 Å². The van der Waals surface area contributed by atoms with Crippen LogP contribution in [0.2, 0.25) is 5.02 Å². The van der Waals surface area contributed by atoms with Gasteiger partial charge in [0.2, 0.25) is 0 Å². The Morgan fingerprint density at radius 3 is 2.62 bits per heavy atom. The van der Waals surface area contributed by atoms with Crippen LogP contribution in [0.3, 0.4) is 0 Å². The molecule has 0 aliphatic heterocycles. The number of thioether (sulfide) groups is 1. The average Bonchev–Trinajstić information content (AvgIpc) is 2.17. The van der Waals surface area contributed by atoms with Crippen molar-refractivity contribution < 1.29 is 18.3 Å². The van der Waals surface area contributed by atoms with Gasteiger partial charge in [0, 0.05) is 16.3 Å². The first kappa shape index (κ1) is 13.5. The molecule has 16 heavy (non-hydrogen) atoms. The normalized spacial score (nSPS) is 13.8. The van der Waals surface area contributed by atoms with Crippen LogP contribution in [0.1, 0.15) is 0 Å². The van der Waals surface area contributed by atoms with Crippen LogP contribution in [0, 0.1) is 0 Å². The number of nitrogens with two attached hydrogens (primary N) is 1. The van der Waals surface area contributed by atoms with Crippen LogP contribution in [0.4, 0.5) is 18.9 Å². The minimum absolute atomic E-state index is 0.313. The van der Waals surface area contributed by atoms with E-state index >= 15 is 0 Å². The summed E-state index contributed by atoms with van der Waals surface area (Å²) in [5.41, 5.74) is 5.87. The van der Waals surface area contributed by atoms with E-state index in [1.54, 1.807) is 6.07 Å². The lowest BCUT2D eigenvalue weighted by Crippen LogP contribution is -2.30. The molecular weight excluding hydrogens is 263 g/mol. The molecule has 3 N–H and O–H groups in total. The molecule has 2 nitrogen and oxygen atoms in total. The molecule has 7 heteroatoms. The van der Waals surface area contributed by atoms with E-state index in [0.29, 0.717) is 15.6 Å². The number of aliphatic hydroxyl groups is 1. The summed E-state index contributed by atoms with van der Waals surface area (Å²) in [6, 6.07) is 4.52. The van der Waals surface area contributed by atoms with Gasteiger partial charge in [0.15, 0.2) is 6.10 Å². The number of halogens is 4. The summed E-state index contributed by atoms with van der Waals surface area (Å²) in [5.74, 6) is -0.507. The number of hydrogen-bond donors (Lipinski definition) is 2. The highest BCUT2D eigenvalue weighted by molar-refractivity contribution is 7.99. The Hall–Kier alpha value is -0.590. The quantitative estimate of drug-likeness (QED) is 0.656. The van der Waals surface area contributed by atoms with Gasteiger partial charge in [0.25, 0.3) is 0 Å². The van der Waals surface area contributed by atoms with Gasteiger partial charge in [-0.25, -0.2) is 0 Å². The van der Waals surface area contributed by atoms with E-state index in [4.69, 9.17) is 22.4 Å². The number of nitrogen functional groups attached to an aromatic ring is 1. The topological polar surface area (TPSA) is 46.2 Å². The molecule has 0 aliphatic carbocycles. The lowest BCUT2D eigenvalue weighted by molar-refractivity contribution is -0.195. The molecular formula is C9H9ClF3NOS. The van der Waals surface area contributed by atoms with Crippen LogP contribution in [0.5, 0.6) is 0 Å². The van der Waals surface area contributed by atoms with E-state index in [1.807, 2.05) is 0 Å². The Morgan fingerprint density at radius 1 is 1.44 bits per heavy atom. The molecule has 0 amide bonds. The Morgan fingerprint density at radius 2 is 2.06 bits per heavy atom. The first-order chi connectivity index (χ1) is 7.30. The number of aliphatic hydroxyl groups excluding tert-OH is 1. The molecule has 0 saturated heterocycles. The third-order valence-corrected chi connectivity index (χ3v) is 3.30. The third-order valence-electron chi connectivity index (χ3n) is 1.73. The van der Waals surface area contributed by atoms with Gasteiger partial charge in [0.1, 0.15) is 0 Å². The van der Waals surface area contributed by atoms with Crippen molar-refractivity contribution in [3.05, 3.63) is 23.2 Å². The first-order valence-electron chi connectivity index (χ1n) is 4.23. The average molecular weight is 272 g/mol. The van der Waals surface area contributed by atoms with Crippen molar-refractivity contribution >= 4 is 29.1 Å². The molecule has 0 bridgehead atoms. The van der Waals surface area contributed by atoms with Gasteiger partial charge in [-0.2, -0.15) is 13.2 Å². The monoisotopic (exact) mass is 271 g/mol. The molecule has 1 aromatic carbocycles. The number of anilines is 1. The summed E-state index contributed by atoms with van der Waals surface area (Å²) >= 11 is 6.57. The van der Waals surface area contributed by atoms with E-state index in [1.165, 1.54) is 12.1 Å². The number of rotatable bonds is 3. The van der Waals surface area contributed by atoms with Crippen molar-refractivity contribution in [1.82, 2.24) is 0 Å². The molecule has 0 spiro atoms. The van der Waals surface area contributed by atoms with Crippen molar-refractivity contribution in [1.29, 1.82) is 0 Å². The zero-order valence-corrected chi connectivity index (χ0v) is 9.53. The molecule has 90 valence electrons. The number of benzene rings is 1. The molecule has 0 radical (unpaired) electrons. The summed E-state index contributed by atoms with van der Waals surface area (Å²) in [6.45, 7) is 0. The summed E-state index contributed by atoms with van der Waals surface area (Å²) < 4.78 is 36.0. The van der Waals surface area contributed by atoms with E-state index in [0.717, 1.165) is 11.8 Å². The van der Waals surface area contributed by atoms with Crippen LogP contribution in [-0.4, -0.2) is 23.1 Å². The van der Waals surface area contributed by atoms with Crippen LogP contribution < -0.4 is 5.73 Å². The van der Waals surface area contributed by atoms with Crippen molar-refractivity contribution in [2.24, 2.45) is 0 Å². The maximum atomic E-state index is 12.0. The highest BCUT2D eigenvalue weighted by atomic mass is 35.5. The predicted octanol–water partition coefficient (Wildman–Crippen LogP) is 2.94. The molecule has 0 saturated carbocycles. The van der Waals surface area contributed by atoms with E-state index in [9.17, 15) is 13.2 Å². The molecule has 0 heterocycles. The Balaban J connectivity index is 2.64. The van der Waals surface area contributed by atoms with Gasteiger partial charge in [-0.05, 0) is 18.2 Å². The fourth-order valence-corrected chi connectivity index (χ4v) is 2.13. The zero-order chi connectivity index (χ0) is 12.3. The summed E-state index contributed by atoms with van der Waals surface area (Å²) in [4.78, 5) is 0.421. The third kappa shape index (κ3) is 3.77. The Kier molecular flexibility index (Phi) is 4.35. The van der Waals surface area contributed by atoms with Crippen molar-refractivity contribution in [2.75, 3.05) is 11.5 Å². The zero-order valence-electron chi connectivity index (χ0n) is 7.96. The SMILES string of the molecule is Nc1ccc(Cl)c(SCC(O)C(F)(F)F)c1. The number of alkyl halides is 3. The molecule has 1 atom stereocenters. The van der Waals surface area contributed by atoms with Gasteiger partial charge in [-0.15, -0.1) is 11.8 Å². The largest absolute Gasteiger partial charge is 0.415 e. The molecule has 0 aromatic heterocycles. The minimum atomic E-state index is -4.61. The predicted molar refractivity (Wildman–Crippen MR) is 58.7 cm³/mol. The van der Waals surface area contributed by atoms with Gasteiger partial charge < -0.3 is 10.8 Å². The lowest BCUT2D eigenvalue weighted by Gasteiger charge is -2.14. The molecule has 1 unspecified atom stereocenters. The fourth-order valence-electron chi connectivity index (χ4n) is 0.894. The summed E-state index contributed by atoms with van der Waals surface area (Å²) in [7, 11) is 0. The Labute approximate surface area is 99.6 Å². The number of hydrogen-bond acceptors (Lipinski definition) is 3. The van der Waals surface area contributed by atoms with E-state index in [2.05, 4.69) is 0 Å². The maximum Gasteiger partial charge on any atom is 0.415 e. The van der Waals surface area contributed by atoms with Gasteiger partial charge in [0.05, 0.1) is 5.02 Å². The molecule has 1 rings (SSSR count). The second kappa shape index (κ2) is 5.16. The highest BCUT2D eigenvalue weighted by Crippen LogP contribution is 2.32. The van der Waals surface area contributed by atoms with Crippen molar-refractivity contribution in [3.63, 3.8) is 0 Å². The van der Waals surface area contributed by atoms with Crippen LogP contribution >= 0.6 is 23.4 Å².